The molecule has 1 amide bonds. The summed E-state index contributed by atoms with van der Waals surface area (Å²) in [5.74, 6) is 1.49. The molecule has 0 aliphatic carbocycles. The number of rotatable bonds is 7. The van der Waals surface area contributed by atoms with Crippen LogP contribution in [-0.2, 0) is 20.2 Å². The van der Waals surface area contributed by atoms with Gasteiger partial charge in [0.05, 0.1) is 10.6 Å². The van der Waals surface area contributed by atoms with E-state index in [9.17, 15) is 4.79 Å². The van der Waals surface area contributed by atoms with Crippen molar-refractivity contribution < 1.29 is 9.53 Å². The van der Waals surface area contributed by atoms with Crippen LogP contribution in [0.5, 0.6) is 5.75 Å². The molecule has 6 nitrogen and oxygen atoms in total. The lowest BCUT2D eigenvalue weighted by atomic mass is 10.0. The van der Waals surface area contributed by atoms with Gasteiger partial charge in [-0.15, -0.1) is 11.3 Å². The Balaban J connectivity index is 1.27. The summed E-state index contributed by atoms with van der Waals surface area (Å²) in [6, 6.07) is 10.2. The van der Waals surface area contributed by atoms with Crippen molar-refractivity contribution in [3.8, 4) is 5.75 Å². The first-order valence-corrected chi connectivity index (χ1v) is 12.1. The van der Waals surface area contributed by atoms with Crippen LogP contribution in [0.4, 0.5) is 0 Å². The molecule has 0 N–H and O–H groups in total. The van der Waals surface area contributed by atoms with Crippen molar-refractivity contribution >= 4 is 17.2 Å². The molecule has 1 aromatic carbocycles. The van der Waals surface area contributed by atoms with Crippen LogP contribution in [0.15, 0.2) is 41.9 Å². The zero-order valence-electron chi connectivity index (χ0n) is 19.4. The van der Waals surface area contributed by atoms with E-state index >= 15 is 0 Å². The summed E-state index contributed by atoms with van der Waals surface area (Å²) in [7, 11) is 1.95. The number of aryl methyl sites for hydroxylation is 2. The number of ether oxygens (including phenoxy) is 1. The van der Waals surface area contributed by atoms with E-state index < -0.39 is 0 Å². The van der Waals surface area contributed by atoms with Crippen molar-refractivity contribution in [2.75, 3.05) is 26.2 Å². The van der Waals surface area contributed by atoms with Crippen molar-refractivity contribution in [2.45, 2.75) is 39.8 Å². The molecule has 170 valence electrons. The standard InChI is InChI=1S/C25H32N4O2S/c1-18(2)21-5-7-23(8-6-21)31-16-20-13-24(32-17-20)25(30)29-11-9-28(10-12-29)15-22-14-27(4)26-19(22)3/h5-8,13-14,17-18H,9-12,15-16H2,1-4H3. The first-order chi connectivity index (χ1) is 15.4. The molecule has 3 aromatic rings. The van der Waals surface area contributed by atoms with Gasteiger partial charge in [0.25, 0.3) is 5.91 Å². The Morgan fingerprint density at radius 2 is 1.88 bits per heavy atom. The molecule has 0 unspecified atom stereocenters. The van der Waals surface area contributed by atoms with E-state index in [1.165, 1.54) is 22.5 Å². The second-order valence-corrected chi connectivity index (χ2v) is 9.72. The molecule has 0 bridgehead atoms. The molecule has 0 atom stereocenters. The SMILES string of the molecule is Cc1nn(C)cc1CN1CCN(C(=O)c2cc(COc3ccc(C(C)C)cc3)cs2)CC1. The smallest absolute Gasteiger partial charge is 0.264 e. The van der Waals surface area contributed by atoms with Crippen LogP contribution in [0.1, 0.15) is 51.8 Å². The van der Waals surface area contributed by atoms with Gasteiger partial charge in [-0.05, 0) is 42.0 Å². The van der Waals surface area contributed by atoms with Crippen LogP contribution in [0.25, 0.3) is 0 Å². The predicted molar refractivity (Wildman–Crippen MR) is 128 cm³/mol. The average Bonchev–Trinajstić information content (AvgIpc) is 3.38. The third-order valence-corrected chi connectivity index (χ3v) is 6.95. The molecule has 0 radical (unpaired) electrons. The lowest BCUT2D eigenvalue weighted by molar-refractivity contribution is 0.0633. The zero-order chi connectivity index (χ0) is 22.7. The van der Waals surface area contributed by atoms with Gasteiger partial charge in [0, 0.05) is 57.1 Å². The van der Waals surface area contributed by atoms with Crippen LogP contribution >= 0.6 is 11.3 Å². The van der Waals surface area contributed by atoms with Crippen LogP contribution in [0, 0.1) is 6.92 Å². The molecule has 1 aliphatic heterocycles. The highest BCUT2D eigenvalue weighted by Gasteiger charge is 2.24. The molecule has 0 saturated carbocycles. The first-order valence-electron chi connectivity index (χ1n) is 11.2. The topological polar surface area (TPSA) is 50.6 Å². The minimum absolute atomic E-state index is 0.125. The number of thiophene rings is 1. The number of aromatic nitrogens is 2. The predicted octanol–water partition coefficient (Wildman–Crippen LogP) is 4.45. The fourth-order valence-electron chi connectivity index (χ4n) is 3.99. The van der Waals surface area contributed by atoms with Gasteiger partial charge in [-0.2, -0.15) is 5.10 Å². The summed E-state index contributed by atoms with van der Waals surface area (Å²) < 4.78 is 7.78. The first kappa shape index (κ1) is 22.6. The Labute approximate surface area is 194 Å². The lowest BCUT2D eigenvalue weighted by Crippen LogP contribution is -2.48. The summed E-state index contributed by atoms with van der Waals surface area (Å²) in [5.41, 5.74) is 4.68. The van der Waals surface area contributed by atoms with Gasteiger partial charge in [-0.1, -0.05) is 26.0 Å². The van der Waals surface area contributed by atoms with Crippen LogP contribution in [-0.4, -0.2) is 51.7 Å². The summed E-state index contributed by atoms with van der Waals surface area (Å²) >= 11 is 1.51. The number of nitrogens with zero attached hydrogens (tertiary/aromatic N) is 4. The molecule has 1 aliphatic rings. The molecule has 2 aromatic heterocycles. The van der Waals surface area contributed by atoms with Gasteiger partial charge in [0.2, 0.25) is 0 Å². The number of carbonyl (C=O) groups excluding carboxylic acids is 1. The second kappa shape index (κ2) is 9.88. The maximum Gasteiger partial charge on any atom is 0.264 e. The maximum atomic E-state index is 13.0. The van der Waals surface area contributed by atoms with Crippen LogP contribution in [0.2, 0.25) is 0 Å². The van der Waals surface area contributed by atoms with E-state index in [1.807, 2.05) is 47.1 Å². The summed E-state index contributed by atoms with van der Waals surface area (Å²) in [5, 5.41) is 6.45. The largest absolute Gasteiger partial charge is 0.489 e. The van der Waals surface area contributed by atoms with Crippen molar-refractivity contribution in [2.24, 2.45) is 7.05 Å². The fraction of sp³-hybridized carbons (Fsp3) is 0.440. The number of piperazine rings is 1. The highest BCUT2D eigenvalue weighted by molar-refractivity contribution is 7.12. The zero-order valence-corrected chi connectivity index (χ0v) is 20.2. The van der Waals surface area contributed by atoms with E-state index in [0.717, 1.165) is 54.6 Å². The molecular weight excluding hydrogens is 420 g/mol. The highest BCUT2D eigenvalue weighted by atomic mass is 32.1. The fourth-order valence-corrected chi connectivity index (χ4v) is 4.85. The minimum atomic E-state index is 0.125. The molecule has 3 heterocycles. The van der Waals surface area contributed by atoms with Gasteiger partial charge >= 0.3 is 0 Å². The van der Waals surface area contributed by atoms with Gasteiger partial charge in [-0.3, -0.25) is 14.4 Å². The molecule has 1 saturated heterocycles. The minimum Gasteiger partial charge on any atom is -0.489 e. The van der Waals surface area contributed by atoms with Gasteiger partial charge < -0.3 is 9.64 Å². The van der Waals surface area contributed by atoms with E-state index in [4.69, 9.17) is 4.74 Å². The maximum absolute atomic E-state index is 13.0. The van der Waals surface area contributed by atoms with Crippen LogP contribution < -0.4 is 4.74 Å². The quantitative estimate of drug-likeness (QED) is 0.531. The molecule has 1 fully saturated rings. The van der Waals surface area contributed by atoms with E-state index in [2.05, 4.69) is 42.2 Å². The third-order valence-electron chi connectivity index (χ3n) is 5.99. The summed E-state index contributed by atoms with van der Waals surface area (Å²) in [6.07, 6.45) is 2.08. The van der Waals surface area contributed by atoms with Crippen molar-refractivity contribution in [3.63, 3.8) is 0 Å². The lowest BCUT2D eigenvalue weighted by Gasteiger charge is -2.34. The van der Waals surface area contributed by atoms with Crippen molar-refractivity contribution in [3.05, 3.63) is 69.2 Å². The van der Waals surface area contributed by atoms with Gasteiger partial charge in [-0.25, -0.2) is 0 Å². The average molecular weight is 453 g/mol. The van der Waals surface area contributed by atoms with Crippen molar-refractivity contribution in [1.82, 2.24) is 19.6 Å². The Morgan fingerprint density at radius 1 is 1.16 bits per heavy atom. The Kier molecular flexibility index (Phi) is 6.96. The van der Waals surface area contributed by atoms with E-state index in [1.54, 1.807) is 0 Å². The van der Waals surface area contributed by atoms with Crippen LogP contribution in [0.3, 0.4) is 0 Å². The normalized spacial score (nSPS) is 14.8. The molecule has 0 spiro atoms. The monoisotopic (exact) mass is 452 g/mol. The van der Waals surface area contributed by atoms with Gasteiger partial charge in [0.1, 0.15) is 12.4 Å². The molecule has 4 rings (SSSR count). The second-order valence-electron chi connectivity index (χ2n) is 8.81. The Bertz CT molecular complexity index is 1050. The Hall–Kier alpha value is -2.64. The third kappa shape index (κ3) is 5.40. The highest BCUT2D eigenvalue weighted by Crippen LogP contribution is 2.22. The molecule has 32 heavy (non-hydrogen) atoms. The number of carbonyl (C=O) groups is 1. The number of benzene rings is 1. The van der Waals surface area contributed by atoms with Crippen molar-refractivity contribution in [1.29, 1.82) is 0 Å². The summed E-state index contributed by atoms with van der Waals surface area (Å²) in [4.78, 5) is 18.1. The van der Waals surface area contributed by atoms with E-state index in [-0.39, 0.29) is 5.91 Å². The summed E-state index contributed by atoms with van der Waals surface area (Å²) in [6.45, 7) is 11.1. The van der Waals surface area contributed by atoms with Gasteiger partial charge in [0.15, 0.2) is 0 Å². The van der Waals surface area contributed by atoms with E-state index in [0.29, 0.717) is 12.5 Å². The number of hydrogen-bond donors (Lipinski definition) is 0. The molecular formula is C25H32N4O2S. The Morgan fingerprint density at radius 3 is 2.50 bits per heavy atom. The molecule has 7 heteroatoms. The number of amides is 1. The number of hydrogen-bond acceptors (Lipinski definition) is 5.